The van der Waals surface area contributed by atoms with Crippen LogP contribution in [0.4, 0.5) is 0 Å². The number of hydrazine groups is 1. The largest absolute Gasteiger partial charge is 0.383 e. The summed E-state index contributed by atoms with van der Waals surface area (Å²) in [4.78, 5) is 2.54. The summed E-state index contributed by atoms with van der Waals surface area (Å²) in [6, 6.07) is 0.200. The minimum Gasteiger partial charge on any atom is -0.383 e. The lowest BCUT2D eigenvalue weighted by Gasteiger charge is -2.43. The van der Waals surface area contributed by atoms with Gasteiger partial charge in [-0.1, -0.05) is 6.92 Å². The van der Waals surface area contributed by atoms with E-state index in [-0.39, 0.29) is 11.6 Å². The van der Waals surface area contributed by atoms with Crippen molar-refractivity contribution >= 4 is 0 Å². The van der Waals surface area contributed by atoms with E-state index in [2.05, 4.69) is 24.2 Å². The van der Waals surface area contributed by atoms with Gasteiger partial charge in [0.2, 0.25) is 0 Å². The van der Waals surface area contributed by atoms with Crippen LogP contribution in [0.1, 0.15) is 33.1 Å². The first-order valence-corrected chi connectivity index (χ1v) is 5.89. The number of methoxy groups -OCH3 is 1. The molecule has 0 amide bonds. The van der Waals surface area contributed by atoms with Gasteiger partial charge in [-0.2, -0.15) is 0 Å². The molecular formula is C11H25N3O. The monoisotopic (exact) mass is 215 g/mol. The van der Waals surface area contributed by atoms with Gasteiger partial charge in [0, 0.05) is 12.6 Å². The van der Waals surface area contributed by atoms with E-state index in [1.165, 1.54) is 25.9 Å². The number of hydrogen-bond donors (Lipinski definition) is 2. The summed E-state index contributed by atoms with van der Waals surface area (Å²) in [5.74, 6) is 5.63. The molecule has 0 aromatic rings. The number of hydrogen-bond acceptors (Lipinski definition) is 4. The van der Waals surface area contributed by atoms with E-state index < -0.39 is 0 Å². The van der Waals surface area contributed by atoms with Crippen molar-refractivity contribution in [1.82, 2.24) is 10.3 Å². The Hall–Kier alpha value is -0.160. The molecule has 0 radical (unpaired) electrons. The van der Waals surface area contributed by atoms with E-state index in [1.54, 1.807) is 7.11 Å². The third-order valence-electron chi connectivity index (χ3n) is 3.83. The second kappa shape index (κ2) is 5.80. The molecule has 1 fully saturated rings. The minimum absolute atomic E-state index is 0.112. The first-order valence-electron chi connectivity index (χ1n) is 5.89. The van der Waals surface area contributed by atoms with Gasteiger partial charge < -0.3 is 4.74 Å². The second-order valence-electron chi connectivity index (χ2n) is 4.58. The summed E-state index contributed by atoms with van der Waals surface area (Å²) in [5.41, 5.74) is 3.02. The molecule has 1 aliphatic heterocycles. The zero-order valence-corrected chi connectivity index (χ0v) is 10.3. The molecule has 1 heterocycles. The van der Waals surface area contributed by atoms with Gasteiger partial charge in [-0.15, -0.1) is 0 Å². The number of ether oxygens (including phenoxy) is 1. The zero-order valence-electron chi connectivity index (χ0n) is 10.3. The minimum atomic E-state index is 0.112. The average molecular weight is 215 g/mol. The van der Waals surface area contributed by atoms with Gasteiger partial charge in [0.1, 0.15) is 0 Å². The number of nitrogens with zero attached hydrogens (tertiary/aromatic N) is 1. The van der Waals surface area contributed by atoms with Gasteiger partial charge in [0.15, 0.2) is 0 Å². The van der Waals surface area contributed by atoms with Crippen molar-refractivity contribution in [3.8, 4) is 0 Å². The highest BCUT2D eigenvalue weighted by molar-refractivity contribution is 4.96. The number of likely N-dealkylation sites (tertiary alicyclic amines) is 1. The third kappa shape index (κ3) is 2.69. The molecule has 1 saturated heterocycles. The Morgan fingerprint density at radius 3 is 2.47 bits per heavy atom. The fourth-order valence-corrected chi connectivity index (χ4v) is 2.49. The van der Waals surface area contributed by atoms with Crippen LogP contribution in [0.3, 0.4) is 0 Å². The van der Waals surface area contributed by atoms with Crippen molar-refractivity contribution in [2.75, 3.05) is 26.8 Å². The Morgan fingerprint density at radius 2 is 2.07 bits per heavy atom. The van der Waals surface area contributed by atoms with Crippen molar-refractivity contribution in [3.05, 3.63) is 0 Å². The Bertz CT molecular complexity index is 183. The van der Waals surface area contributed by atoms with Crippen LogP contribution in [-0.2, 0) is 4.74 Å². The summed E-state index contributed by atoms with van der Waals surface area (Å²) in [6.45, 7) is 7.54. The highest BCUT2D eigenvalue weighted by Gasteiger charge is 2.38. The van der Waals surface area contributed by atoms with Crippen LogP contribution < -0.4 is 11.3 Å². The van der Waals surface area contributed by atoms with Crippen molar-refractivity contribution < 1.29 is 4.74 Å². The molecule has 0 bridgehead atoms. The summed E-state index contributed by atoms with van der Waals surface area (Å²) in [5, 5.41) is 0. The van der Waals surface area contributed by atoms with E-state index in [0.717, 1.165) is 6.42 Å². The van der Waals surface area contributed by atoms with E-state index in [4.69, 9.17) is 10.6 Å². The third-order valence-corrected chi connectivity index (χ3v) is 3.83. The zero-order chi connectivity index (χ0) is 11.3. The van der Waals surface area contributed by atoms with Gasteiger partial charge in [0.25, 0.3) is 0 Å². The number of rotatable bonds is 6. The van der Waals surface area contributed by atoms with Crippen LogP contribution in [0.5, 0.6) is 0 Å². The summed E-state index contributed by atoms with van der Waals surface area (Å²) in [7, 11) is 1.73. The van der Waals surface area contributed by atoms with Crippen LogP contribution in [-0.4, -0.2) is 43.3 Å². The molecule has 0 aromatic heterocycles. The summed E-state index contributed by atoms with van der Waals surface area (Å²) >= 11 is 0. The topological polar surface area (TPSA) is 50.5 Å². The maximum atomic E-state index is 5.63. The molecule has 1 rings (SSSR count). The standard InChI is InChI=1S/C11H25N3O/c1-4-11(2,10(13-12)9-15-3)14-7-5-6-8-14/h10,13H,4-9,12H2,1-3H3. The molecule has 4 nitrogen and oxygen atoms in total. The lowest BCUT2D eigenvalue weighted by atomic mass is 9.88. The van der Waals surface area contributed by atoms with Crippen molar-refractivity contribution in [2.24, 2.45) is 5.84 Å². The van der Waals surface area contributed by atoms with E-state index in [0.29, 0.717) is 6.61 Å². The Balaban J connectivity index is 2.70. The molecule has 1 aliphatic rings. The summed E-state index contributed by atoms with van der Waals surface area (Å²) in [6.07, 6.45) is 3.70. The van der Waals surface area contributed by atoms with Gasteiger partial charge in [0.05, 0.1) is 12.6 Å². The van der Waals surface area contributed by atoms with E-state index >= 15 is 0 Å². The van der Waals surface area contributed by atoms with Gasteiger partial charge in [-0.25, -0.2) is 0 Å². The number of nitrogens with two attached hydrogens (primary N) is 1. The fraction of sp³-hybridized carbons (Fsp3) is 1.00. The molecule has 3 N–H and O–H groups in total. The van der Waals surface area contributed by atoms with Crippen LogP contribution >= 0.6 is 0 Å². The first kappa shape index (κ1) is 12.9. The lowest BCUT2D eigenvalue weighted by molar-refractivity contribution is 0.0403. The smallest absolute Gasteiger partial charge is 0.0647 e. The van der Waals surface area contributed by atoms with Gasteiger partial charge in [-0.05, 0) is 39.3 Å². The molecular weight excluding hydrogens is 190 g/mol. The lowest BCUT2D eigenvalue weighted by Crippen LogP contribution is -2.61. The quantitative estimate of drug-likeness (QED) is 0.506. The highest BCUT2D eigenvalue weighted by atomic mass is 16.5. The summed E-state index contributed by atoms with van der Waals surface area (Å²) < 4.78 is 5.23. The normalized spacial score (nSPS) is 24.0. The molecule has 0 spiro atoms. The Kier molecular flexibility index (Phi) is 4.99. The van der Waals surface area contributed by atoms with Gasteiger partial charge in [-0.3, -0.25) is 16.2 Å². The maximum absolute atomic E-state index is 5.63. The predicted octanol–water partition coefficient (Wildman–Crippen LogP) is 0.729. The molecule has 15 heavy (non-hydrogen) atoms. The molecule has 90 valence electrons. The molecule has 2 unspecified atom stereocenters. The Morgan fingerprint density at radius 1 is 1.47 bits per heavy atom. The fourth-order valence-electron chi connectivity index (χ4n) is 2.49. The molecule has 4 heteroatoms. The SMILES string of the molecule is CCC(C)(C(COC)NN)N1CCCC1. The number of nitrogens with one attached hydrogen (secondary N) is 1. The maximum Gasteiger partial charge on any atom is 0.0647 e. The van der Waals surface area contributed by atoms with Crippen molar-refractivity contribution in [1.29, 1.82) is 0 Å². The predicted molar refractivity (Wildman–Crippen MR) is 62.5 cm³/mol. The highest BCUT2D eigenvalue weighted by Crippen LogP contribution is 2.27. The van der Waals surface area contributed by atoms with Crippen LogP contribution in [0.25, 0.3) is 0 Å². The van der Waals surface area contributed by atoms with Gasteiger partial charge >= 0.3 is 0 Å². The second-order valence-corrected chi connectivity index (χ2v) is 4.58. The van der Waals surface area contributed by atoms with E-state index in [1.807, 2.05) is 0 Å². The van der Waals surface area contributed by atoms with Crippen LogP contribution in [0.15, 0.2) is 0 Å². The van der Waals surface area contributed by atoms with E-state index in [9.17, 15) is 0 Å². The molecule has 0 aliphatic carbocycles. The van der Waals surface area contributed by atoms with Crippen LogP contribution in [0, 0.1) is 0 Å². The Labute approximate surface area is 93.1 Å². The molecule has 0 saturated carbocycles. The van der Waals surface area contributed by atoms with Crippen LogP contribution in [0.2, 0.25) is 0 Å². The van der Waals surface area contributed by atoms with Crippen molar-refractivity contribution in [3.63, 3.8) is 0 Å². The average Bonchev–Trinajstić information content (AvgIpc) is 2.78. The first-order chi connectivity index (χ1) is 7.19. The van der Waals surface area contributed by atoms with Crippen molar-refractivity contribution in [2.45, 2.75) is 44.7 Å². The molecule has 0 aromatic carbocycles. The molecule has 2 atom stereocenters.